The van der Waals surface area contributed by atoms with E-state index < -0.39 is 33.4 Å². The van der Waals surface area contributed by atoms with Crippen molar-refractivity contribution in [3.05, 3.63) is 126 Å². The largest absolute Gasteiger partial charge is 0.507 e. The molecule has 2 unspecified atom stereocenters. The highest BCUT2D eigenvalue weighted by atomic mass is 32.2. The number of hydrogen-bond acceptors (Lipinski definition) is 7. The van der Waals surface area contributed by atoms with Gasteiger partial charge in [0.05, 0.1) is 27.2 Å². The van der Waals surface area contributed by atoms with E-state index in [0.717, 1.165) is 0 Å². The molecule has 2 atom stereocenters. The second-order valence-corrected chi connectivity index (χ2v) is 12.3. The predicted octanol–water partition coefficient (Wildman–Crippen LogP) is 5.39. The van der Waals surface area contributed by atoms with Gasteiger partial charge in [0.2, 0.25) is 0 Å². The Morgan fingerprint density at radius 1 is 0.535 bits per heavy atom. The summed E-state index contributed by atoms with van der Waals surface area (Å²) in [5.74, 6) is -1.44. The van der Waals surface area contributed by atoms with Crippen molar-refractivity contribution in [2.75, 3.05) is 22.1 Å². The van der Waals surface area contributed by atoms with Crippen molar-refractivity contribution in [2.24, 2.45) is 0 Å². The summed E-state index contributed by atoms with van der Waals surface area (Å²) in [5, 5.41) is 15.7. The van der Waals surface area contributed by atoms with Gasteiger partial charge in [-0.15, -0.1) is 0 Å². The molecule has 0 spiro atoms. The fourth-order valence-corrected chi connectivity index (χ4v) is 6.12. The number of carbonyl (C=O) groups is 2. The Labute approximate surface area is 252 Å². The van der Waals surface area contributed by atoms with Gasteiger partial charge in [-0.1, -0.05) is 0 Å². The summed E-state index contributed by atoms with van der Waals surface area (Å²) in [6, 6.07) is 30.4. The summed E-state index contributed by atoms with van der Waals surface area (Å²) >= 11 is 0. The van der Waals surface area contributed by atoms with E-state index >= 15 is 0 Å². The zero-order chi connectivity index (χ0) is 30.5. The van der Waals surface area contributed by atoms with Crippen molar-refractivity contribution in [1.82, 2.24) is 0 Å². The summed E-state index contributed by atoms with van der Waals surface area (Å²) < 4.78 is 25.6. The van der Waals surface area contributed by atoms with E-state index in [1.54, 1.807) is 97.1 Å². The first-order chi connectivity index (χ1) is 20.7. The Hall–Kier alpha value is -5.26. The molecule has 0 bridgehead atoms. The quantitative estimate of drug-likeness (QED) is 0.147. The van der Waals surface area contributed by atoms with Gasteiger partial charge in [0, 0.05) is 47.9 Å². The SMILES string of the molecule is Nc1ccc(S(=O)c2ccc(NC(=O)c3ccc(O)c(C(=O)Nc4ccc(S(=O)c5ccc(N)cc5)cc4)c3)cc2)cc1. The second kappa shape index (κ2) is 12.7. The number of hydrogen-bond donors (Lipinski definition) is 5. The van der Waals surface area contributed by atoms with Gasteiger partial charge >= 0.3 is 0 Å². The number of nitrogen functional groups attached to an aromatic ring is 2. The lowest BCUT2D eigenvalue weighted by molar-refractivity contribution is 0.102. The molecule has 0 aromatic heterocycles. The second-order valence-electron chi connectivity index (χ2n) is 9.36. The van der Waals surface area contributed by atoms with Gasteiger partial charge in [-0.3, -0.25) is 9.59 Å². The number of benzene rings is 5. The van der Waals surface area contributed by atoms with Crippen LogP contribution in [-0.4, -0.2) is 25.3 Å². The molecule has 5 aromatic rings. The average Bonchev–Trinajstić information content (AvgIpc) is 3.02. The lowest BCUT2D eigenvalue weighted by Crippen LogP contribution is -2.16. The Morgan fingerprint density at radius 3 is 1.33 bits per heavy atom. The van der Waals surface area contributed by atoms with Gasteiger partial charge in [0.25, 0.3) is 11.8 Å². The smallest absolute Gasteiger partial charge is 0.259 e. The maximum atomic E-state index is 13.0. The molecule has 0 aliphatic rings. The van der Waals surface area contributed by atoms with E-state index in [2.05, 4.69) is 10.6 Å². The molecule has 0 heterocycles. The Kier molecular flexibility index (Phi) is 8.65. The maximum Gasteiger partial charge on any atom is 0.259 e. The highest BCUT2D eigenvalue weighted by Gasteiger charge is 2.17. The number of nitrogens with two attached hydrogens (primary N) is 2. The molecule has 0 aliphatic carbocycles. The topological polar surface area (TPSA) is 165 Å². The van der Waals surface area contributed by atoms with Crippen LogP contribution >= 0.6 is 0 Å². The van der Waals surface area contributed by atoms with Crippen LogP contribution in [0.1, 0.15) is 20.7 Å². The van der Waals surface area contributed by atoms with Gasteiger partial charge in [-0.05, 0) is 115 Å². The molecule has 5 aromatic carbocycles. The molecule has 216 valence electrons. The van der Waals surface area contributed by atoms with Crippen LogP contribution in [0.5, 0.6) is 5.75 Å². The normalized spacial score (nSPS) is 12.2. The molecule has 9 nitrogen and oxygen atoms in total. The first-order valence-corrected chi connectivity index (χ1v) is 15.2. The monoisotopic (exact) mass is 610 g/mol. The number of amides is 2. The van der Waals surface area contributed by atoms with Crippen molar-refractivity contribution in [2.45, 2.75) is 19.6 Å². The molecule has 2 amide bonds. The summed E-state index contributed by atoms with van der Waals surface area (Å²) in [7, 11) is -2.84. The molecule has 5 rings (SSSR count). The van der Waals surface area contributed by atoms with Crippen LogP contribution in [0.4, 0.5) is 22.7 Å². The Morgan fingerprint density at radius 2 is 0.907 bits per heavy atom. The third-order valence-corrected chi connectivity index (χ3v) is 9.15. The fourth-order valence-electron chi connectivity index (χ4n) is 4.04. The van der Waals surface area contributed by atoms with Gasteiger partial charge in [-0.25, -0.2) is 8.42 Å². The minimum Gasteiger partial charge on any atom is -0.507 e. The van der Waals surface area contributed by atoms with E-state index in [1.165, 1.54) is 18.2 Å². The molecule has 11 heteroatoms. The van der Waals surface area contributed by atoms with Crippen molar-refractivity contribution in [3.8, 4) is 5.75 Å². The molecule has 0 saturated carbocycles. The zero-order valence-corrected chi connectivity index (χ0v) is 24.2. The van der Waals surface area contributed by atoms with Gasteiger partial charge in [-0.2, -0.15) is 0 Å². The van der Waals surface area contributed by atoms with E-state index in [9.17, 15) is 23.1 Å². The minimum absolute atomic E-state index is 0.101. The third-order valence-electron chi connectivity index (χ3n) is 6.34. The number of carbonyl (C=O) groups excluding carboxylic acids is 2. The van der Waals surface area contributed by atoms with Crippen molar-refractivity contribution in [1.29, 1.82) is 0 Å². The average molecular weight is 611 g/mol. The number of nitrogens with one attached hydrogen (secondary N) is 2. The van der Waals surface area contributed by atoms with E-state index in [4.69, 9.17) is 11.5 Å². The molecule has 0 radical (unpaired) electrons. The van der Waals surface area contributed by atoms with Crippen LogP contribution in [-0.2, 0) is 21.6 Å². The Bertz CT molecular complexity index is 1840. The zero-order valence-electron chi connectivity index (χ0n) is 22.5. The molecular formula is C32H26N4O5S2. The van der Waals surface area contributed by atoms with Crippen LogP contribution in [0.25, 0.3) is 0 Å². The van der Waals surface area contributed by atoms with Crippen molar-refractivity contribution >= 4 is 56.2 Å². The van der Waals surface area contributed by atoms with E-state index in [1.807, 2.05) is 0 Å². The lowest BCUT2D eigenvalue weighted by Gasteiger charge is -2.11. The molecular weight excluding hydrogens is 585 g/mol. The molecule has 7 N–H and O–H groups in total. The Balaban J connectivity index is 1.24. The van der Waals surface area contributed by atoms with E-state index in [0.29, 0.717) is 42.3 Å². The highest BCUT2D eigenvalue weighted by Crippen LogP contribution is 2.24. The van der Waals surface area contributed by atoms with Crippen LogP contribution in [0.15, 0.2) is 135 Å². The molecule has 43 heavy (non-hydrogen) atoms. The minimum atomic E-state index is -1.43. The first-order valence-electron chi connectivity index (χ1n) is 12.9. The van der Waals surface area contributed by atoms with Gasteiger partial charge in [0.15, 0.2) is 0 Å². The van der Waals surface area contributed by atoms with Gasteiger partial charge in [0.1, 0.15) is 5.75 Å². The van der Waals surface area contributed by atoms with Crippen molar-refractivity contribution < 1.29 is 23.1 Å². The highest BCUT2D eigenvalue weighted by molar-refractivity contribution is 7.85. The first kappa shape index (κ1) is 29.2. The number of rotatable bonds is 8. The fraction of sp³-hybridized carbons (Fsp3) is 0. The summed E-state index contributed by atoms with van der Waals surface area (Å²) in [6.45, 7) is 0. The van der Waals surface area contributed by atoms with Gasteiger partial charge < -0.3 is 27.2 Å². The van der Waals surface area contributed by atoms with E-state index in [-0.39, 0.29) is 16.9 Å². The summed E-state index contributed by atoms with van der Waals surface area (Å²) in [6.07, 6.45) is 0. The molecule has 0 aliphatic heterocycles. The summed E-state index contributed by atoms with van der Waals surface area (Å²) in [4.78, 5) is 28.2. The number of anilines is 4. The van der Waals surface area contributed by atoms with Crippen LogP contribution in [0.2, 0.25) is 0 Å². The predicted molar refractivity (Wildman–Crippen MR) is 168 cm³/mol. The van der Waals surface area contributed by atoms with Crippen LogP contribution in [0.3, 0.4) is 0 Å². The maximum absolute atomic E-state index is 13.0. The van der Waals surface area contributed by atoms with Crippen molar-refractivity contribution in [3.63, 3.8) is 0 Å². The third kappa shape index (κ3) is 6.97. The number of phenols is 1. The lowest BCUT2D eigenvalue weighted by atomic mass is 10.1. The number of aromatic hydroxyl groups is 1. The summed E-state index contributed by atoms with van der Waals surface area (Å²) in [5.41, 5.74) is 13.4. The molecule has 0 fully saturated rings. The van der Waals surface area contributed by atoms with Crippen LogP contribution < -0.4 is 22.1 Å². The standard InChI is InChI=1S/C32H26N4O5S2/c33-21-2-10-25(11-3-21)42(40)27-14-6-23(7-15-27)35-31(38)20-1-18-30(37)29(19-20)32(39)36-24-8-16-28(17-9-24)43(41)26-12-4-22(34)5-13-26/h1-19,37H,33-34H2,(H,35,38)(H,36,39). The number of phenolic OH excluding ortho intramolecular Hbond substituents is 1. The molecule has 0 saturated heterocycles. The van der Waals surface area contributed by atoms with Crippen LogP contribution in [0, 0.1) is 0 Å².